The fourth-order valence-electron chi connectivity index (χ4n) is 3.12. The first-order chi connectivity index (χ1) is 13.1. The first-order valence-electron chi connectivity index (χ1n) is 8.83. The van der Waals surface area contributed by atoms with Crippen LogP contribution in [0.15, 0.2) is 60.8 Å². The second kappa shape index (κ2) is 7.54. The lowest BCUT2D eigenvalue weighted by Gasteiger charge is -2.13. The predicted molar refractivity (Wildman–Crippen MR) is 105 cm³/mol. The molecule has 0 amide bonds. The number of nitrogens with one attached hydrogen (secondary N) is 1. The number of fused-ring (bicyclic) bond motifs is 1. The number of aromatic nitrogens is 1. The van der Waals surface area contributed by atoms with Crippen molar-refractivity contribution in [3.05, 3.63) is 60.8 Å². The summed E-state index contributed by atoms with van der Waals surface area (Å²) in [6.07, 6.45) is 3.18. The molecule has 1 fully saturated rings. The number of anilines is 1. The van der Waals surface area contributed by atoms with Gasteiger partial charge in [-0.3, -0.25) is 9.71 Å². The Morgan fingerprint density at radius 3 is 2.70 bits per heavy atom. The zero-order chi connectivity index (χ0) is 18.7. The van der Waals surface area contributed by atoms with Crippen molar-refractivity contribution in [2.24, 2.45) is 0 Å². The summed E-state index contributed by atoms with van der Waals surface area (Å²) in [4.78, 5) is 4.31. The summed E-state index contributed by atoms with van der Waals surface area (Å²) in [5.74, 6) is 1.30. The standard InChI is InChI=1S/C20H20N2O4S/c23-27(24,14-17-4-3-13-25-17)22-15-7-9-16(10-8-15)26-20-11-12-21-19-6-2-1-5-18(19)20/h1-2,5-12,17,22H,3-4,13-14H2. The molecule has 3 aromatic rings. The molecule has 1 unspecified atom stereocenters. The average Bonchev–Trinajstić information content (AvgIpc) is 3.15. The molecular weight excluding hydrogens is 364 g/mol. The third-order valence-electron chi connectivity index (χ3n) is 4.39. The minimum atomic E-state index is -3.44. The molecule has 6 nitrogen and oxygen atoms in total. The number of rotatable bonds is 6. The van der Waals surface area contributed by atoms with Crippen molar-refractivity contribution in [3.63, 3.8) is 0 Å². The molecule has 1 aliphatic rings. The van der Waals surface area contributed by atoms with Crippen LogP contribution in [-0.4, -0.2) is 31.9 Å². The second-order valence-electron chi connectivity index (χ2n) is 6.47. The quantitative estimate of drug-likeness (QED) is 0.696. The zero-order valence-electron chi connectivity index (χ0n) is 14.7. The maximum Gasteiger partial charge on any atom is 0.235 e. The fraction of sp³-hybridized carbons (Fsp3) is 0.250. The molecular formula is C20H20N2O4S. The third kappa shape index (κ3) is 4.37. The first-order valence-corrected chi connectivity index (χ1v) is 10.5. The summed E-state index contributed by atoms with van der Waals surface area (Å²) in [7, 11) is -3.44. The molecule has 140 valence electrons. The summed E-state index contributed by atoms with van der Waals surface area (Å²) in [5, 5.41) is 0.918. The van der Waals surface area contributed by atoms with Gasteiger partial charge in [0, 0.05) is 23.9 Å². The maximum absolute atomic E-state index is 12.2. The Kier molecular flexibility index (Phi) is 4.96. The number of nitrogens with zero attached hydrogens (tertiary/aromatic N) is 1. The van der Waals surface area contributed by atoms with Crippen molar-refractivity contribution in [1.82, 2.24) is 4.98 Å². The van der Waals surface area contributed by atoms with E-state index >= 15 is 0 Å². The fourth-order valence-corrected chi connectivity index (χ4v) is 4.45. The number of hydrogen-bond acceptors (Lipinski definition) is 5. The Morgan fingerprint density at radius 2 is 1.93 bits per heavy atom. The highest BCUT2D eigenvalue weighted by Gasteiger charge is 2.23. The number of hydrogen-bond donors (Lipinski definition) is 1. The molecule has 1 aromatic heterocycles. The summed E-state index contributed by atoms with van der Waals surface area (Å²) in [5.41, 5.74) is 1.36. The van der Waals surface area contributed by atoms with Crippen molar-refractivity contribution in [1.29, 1.82) is 0 Å². The largest absolute Gasteiger partial charge is 0.457 e. The molecule has 2 aromatic carbocycles. The molecule has 0 aliphatic carbocycles. The van der Waals surface area contributed by atoms with E-state index in [4.69, 9.17) is 9.47 Å². The molecule has 2 heterocycles. The van der Waals surface area contributed by atoms with Crippen LogP contribution in [0.3, 0.4) is 0 Å². The maximum atomic E-state index is 12.2. The molecule has 1 atom stereocenters. The first kappa shape index (κ1) is 17.8. The van der Waals surface area contributed by atoms with Crippen molar-refractivity contribution >= 4 is 26.6 Å². The Balaban J connectivity index is 1.45. The number of benzene rings is 2. The summed E-state index contributed by atoms with van der Waals surface area (Å²) in [6.45, 7) is 0.635. The molecule has 0 radical (unpaired) electrons. The molecule has 7 heteroatoms. The van der Waals surface area contributed by atoms with Gasteiger partial charge >= 0.3 is 0 Å². The molecule has 1 N–H and O–H groups in total. The number of ether oxygens (including phenoxy) is 2. The summed E-state index contributed by atoms with van der Waals surface area (Å²) >= 11 is 0. The Hall–Kier alpha value is -2.64. The molecule has 4 rings (SSSR count). The van der Waals surface area contributed by atoms with E-state index in [0.717, 1.165) is 23.7 Å². The van der Waals surface area contributed by atoms with Crippen LogP contribution < -0.4 is 9.46 Å². The smallest absolute Gasteiger partial charge is 0.235 e. The Labute approximate surface area is 158 Å². The van der Waals surface area contributed by atoms with E-state index in [9.17, 15) is 8.42 Å². The van der Waals surface area contributed by atoms with E-state index in [1.165, 1.54) is 0 Å². The number of sulfonamides is 1. The highest BCUT2D eigenvalue weighted by Crippen LogP contribution is 2.29. The van der Waals surface area contributed by atoms with Crippen LogP contribution in [0.5, 0.6) is 11.5 Å². The third-order valence-corrected chi connectivity index (χ3v) is 5.75. The molecule has 1 aliphatic heterocycles. The lowest BCUT2D eigenvalue weighted by Crippen LogP contribution is -2.25. The number of pyridine rings is 1. The number of para-hydroxylation sites is 1. The highest BCUT2D eigenvalue weighted by atomic mass is 32.2. The van der Waals surface area contributed by atoms with Gasteiger partial charge in [-0.05, 0) is 55.3 Å². The van der Waals surface area contributed by atoms with Crippen molar-refractivity contribution in [2.75, 3.05) is 17.1 Å². The highest BCUT2D eigenvalue weighted by molar-refractivity contribution is 7.92. The predicted octanol–water partition coefficient (Wildman–Crippen LogP) is 3.95. The molecule has 0 bridgehead atoms. The summed E-state index contributed by atoms with van der Waals surface area (Å²) < 4.78 is 38.4. The van der Waals surface area contributed by atoms with Gasteiger partial charge < -0.3 is 9.47 Å². The van der Waals surface area contributed by atoms with Crippen LogP contribution in [0.2, 0.25) is 0 Å². The molecule has 27 heavy (non-hydrogen) atoms. The van der Waals surface area contributed by atoms with E-state index < -0.39 is 10.0 Å². The monoisotopic (exact) mass is 384 g/mol. The normalized spacial score (nSPS) is 17.1. The lowest BCUT2D eigenvalue weighted by atomic mass is 10.2. The topological polar surface area (TPSA) is 77.5 Å². The van der Waals surface area contributed by atoms with Gasteiger partial charge in [-0.1, -0.05) is 12.1 Å². The van der Waals surface area contributed by atoms with Crippen LogP contribution in [-0.2, 0) is 14.8 Å². The van der Waals surface area contributed by atoms with E-state index in [-0.39, 0.29) is 11.9 Å². The van der Waals surface area contributed by atoms with Crippen LogP contribution in [0.1, 0.15) is 12.8 Å². The van der Waals surface area contributed by atoms with Crippen LogP contribution in [0.25, 0.3) is 10.9 Å². The van der Waals surface area contributed by atoms with Crippen molar-refractivity contribution in [3.8, 4) is 11.5 Å². The zero-order valence-corrected chi connectivity index (χ0v) is 15.5. The molecule has 0 spiro atoms. The van der Waals surface area contributed by atoms with E-state index in [0.29, 0.717) is 23.8 Å². The van der Waals surface area contributed by atoms with Gasteiger partial charge in [0.15, 0.2) is 0 Å². The summed E-state index contributed by atoms with van der Waals surface area (Å²) in [6, 6.07) is 16.4. The van der Waals surface area contributed by atoms with E-state index in [1.807, 2.05) is 24.3 Å². The molecule has 0 saturated carbocycles. The molecule has 1 saturated heterocycles. The van der Waals surface area contributed by atoms with Crippen molar-refractivity contribution < 1.29 is 17.9 Å². The minimum Gasteiger partial charge on any atom is -0.457 e. The van der Waals surface area contributed by atoms with Crippen LogP contribution in [0.4, 0.5) is 5.69 Å². The SMILES string of the molecule is O=S(=O)(CC1CCCO1)Nc1ccc(Oc2ccnc3ccccc23)cc1. The van der Waals surface area contributed by atoms with Gasteiger partial charge in [0.2, 0.25) is 10.0 Å². The minimum absolute atomic E-state index is 0.0196. The van der Waals surface area contributed by atoms with Gasteiger partial charge in [0.25, 0.3) is 0 Å². The second-order valence-corrected chi connectivity index (χ2v) is 8.24. The van der Waals surface area contributed by atoms with E-state index in [1.54, 1.807) is 36.5 Å². The van der Waals surface area contributed by atoms with Gasteiger partial charge in [0.1, 0.15) is 11.5 Å². The lowest BCUT2D eigenvalue weighted by molar-refractivity contribution is 0.127. The average molecular weight is 384 g/mol. The Morgan fingerprint density at radius 1 is 1.11 bits per heavy atom. The van der Waals surface area contributed by atoms with E-state index in [2.05, 4.69) is 9.71 Å². The van der Waals surface area contributed by atoms with Gasteiger partial charge in [-0.15, -0.1) is 0 Å². The van der Waals surface area contributed by atoms with Gasteiger partial charge in [-0.2, -0.15) is 0 Å². The van der Waals surface area contributed by atoms with Crippen molar-refractivity contribution in [2.45, 2.75) is 18.9 Å². The van der Waals surface area contributed by atoms with Crippen LogP contribution in [0, 0.1) is 0 Å². The van der Waals surface area contributed by atoms with Gasteiger partial charge in [-0.25, -0.2) is 8.42 Å². The van der Waals surface area contributed by atoms with Gasteiger partial charge in [0.05, 0.1) is 17.4 Å². The van der Waals surface area contributed by atoms with Crippen LogP contribution >= 0.6 is 0 Å². The Bertz CT molecular complexity index is 1020.